The van der Waals surface area contributed by atoms with E-state index < -0.39 is 0 Å². The highest BCUT2D eigenvalue weighted by atomic mass is 16.3. The Kier molecular flexibility index (Phi) is 5.91. The van der Waals surface area contributed by atoms with Crippen LogP contribution in [0.2, 0.25) is 0 Å². The fourth-order valence-electron chi connectivity index (χ4n) is 7.55. The average Bonchev–Trinajstić information content (AvgIpc) is 3.54. The van der Waals surface area contributed by atoms with Crippen LogP contribution in [-0.2, 0) is 0 Å². The third-order valence-corrected chi connectivity index (χ3v) is 9.84. The molecule has 9 aromatic carbocycles. The van der Waals surface area contributed by atoms with Gasteiger partial charge in [-0.2, -0.15) is 0 Å². The Hall–Kier alpha value is -6.38. The second-order valence-corrected chi connectivity index (χ2v) is 12.5. The first-order valence-electron chi connectivity index (χ1n) is 16.4. The molecule has 0 spiro atoms. The molecule has 2 heteroatoms. The highest BCUT2D eigenvalue weighted by Crippen LogP contribution is 2.44. The molecular weight excluding hydrogens is 583 g/mol. The molecule has 0 aliphatic rings. The molecule has 0 saturated carbocycles. The summed E-state index contributed by atoms with van der Waals surface area (Å²) in [5.41, 5.74) is 7.34. The van der Waals surface area contributed by atoms with E-state index in [1.165, 1.54) is 54.2 Å². The predicted octanol–water partition coefficient (Wildman–Crippen LogP) is 13.3. The number of hydrogen-bond donors (Lipinski definition) is 0. The van der Waals surface area contributed by atoms with Gasteiger partial charge in [-0.1, -0.05) is 140 Å². The molecule has 48 heavy (non-hydrogen) atoms. The first-order chi connectivity index (χ1) is 23.8. The summed E-state index contributed by atoms with van der Waals surface area (Å²) >= 11 is 0. The SMILES string of the molecule is c1ccc2c(c1)ccc1ccc(N(c3ccc(-c4cccc5c4ccc4ccccc45)cc3)c3cccc4c3oc3ccccc34)cc12. The number of anilines is 3. The molecule has 0 aliphatic carbocycles. The Morgan fingerprint density at radius 3 is 1.75 bits per heavy atom. The van der Waals surface area contributed by atoms with Crippen molar-refractivity contribution in [1.29, 1.82) is 0 Å². The minimum Gasteiger partial charge on any atom is -0.454 e. The first kappa shape index (κ1) is 26.8. The van der Waals surface area contributed by atoms with E-state index in [0.29, 0.717) is 0 Å². The number of fused-ring (bicyclic) bond motifs is 9. The molecule has 0 aliphatic heterocycles. The number of furan rings is 1. The van der Waals surface area contributed by atoms with Crippen LogP contribution in [0.4, 0.5) is 17.1 Å². The molecule has 10 rings (SSSR count). The Balaban J connectivity index is 1.18. The number of para-hydroxylation sites is 2. The fraction of sp³-hybridized carbons (Fsp3) is 0. The minimum absolute atomic E-state index is 0.877. The molecule has 0 amide bonds. The smallest absolute Gasteiger partial charge is 0.159 e. The normalized spacial score (nSPS) is 11.8. The standard InChI is InChI=1S/C46H29NO/c1-3-11-36-31(10-1)24-28-40-37(14-7-15-39(36)40)32-21-25-34(26-22-32)47(44-17-8-16-42-41-13-5-6-18-45(41)48-46(42)44)35-27-23-33-20-19-30-9-2-4-12-38(30)43(33)29-35/h1-29H. The van der Waals surface area contributed by atoms with Crippen LogP contribution >= 0.6 is 0 Å². The maximum absolute atomic E-state index is 6.60. The molecule has 10 aromatic rings. The van der Waals surface area contributed by atoms with Crippen LogP contribution in [0, 0.1) is 0 Å². The summed E-state index contributed by atoms with van der Waals surface area (Å²) in [6, 6.07) is 63.3. The van der Waals surface area contributed by atoms with Crippen molar-refractivity contribution in [1.82, 2.24) is 0 Å². The van der Waals surface area contributed by atoms with Gasteiger partial charge >= 0.3 is 0 Å². The summed E-state index contributed by atoms with van der Waals surface area (Å²) in [4.78, 5) is 2.34. The van der Waals surface area contributed by atoms with Gasteiger partial charge in [0, 0.05) is 22.1 Å². The summed E-state index contributed by atoms with van der Waals surface area (Å²) in [5, 5.41) is 12.2. The molecule has 1 heterocycles. The highest BCUT2D eigenvalue weighted by molar-refractivity contribution is 6.13. The number of benzene rings is 9. The average molecular weight is 612 g/mol. The number of hydrogen-bond acceptors (Lipinski definition) is 2. The van der Waals surface area contributed by atoms with Crippen LogP contribution in [0.5, 0.6) is 0 Å². The molecular formula is C46H29NO. The van der Waals surface area contributed by atoms with Crippen LogP contribution in [0.15, 0.2) is 180 Å². The Morgan fingerprint density at radius 1 is 0.354 bits per heavy atom. The van der Waals surface area contributed by atoms with Crippen LogP contribution in [0.3, 0.4) is 0 Å². The Labute approximate surface area is 277 Å². The van der Waals surface area contributed by atoms with E-state index in [1.807, 2.05) is 12.1 Å². The quantitative estimate of drug-likeness (QED) is 0.184. The van der Waals surface area contributed by atoms with Gasteiger partial charge in [-0.05, 0) is 90.6 Å². The third-order valence-electron chi connectivity index (χ3n) is 9.84. The number of nitrogens with zero attached hydrogens (tertiary/aromatic N) is 1. The Morgan fingerprint density at radius 2 is 0.938 bits per heavy atom. The maximum Gasteiger partial charge on any atom is 0.159 e. The largest absolute Gasteiger partial charge is 0.454 e. The van der Waals surface area contributed by atoms with Crippen molar-refractivity contribution in [3.8, 4) is 11.1 Å². The lowest BCUT2D eigenvalue weighted by Crippen LogP contribution is -2.10. The zero-order valence-electron chi connectivity index (χ0n) is 26.1. The molecule has 1 aromatic heterocycles. The van der Waals surface area contributed by atoms with E-state index in [-0.39, 0.29) is 0 Å². The molecule has 0 bridgehead atoms. The van der Waals surface area contributed by atoms with Crippen LogP contribution in [-0.4, -0.2) is 0 Å². The summed E-state index contributed by atoms with van der Waals surface area (Å²) in [6.07, 6.45) is 0. The lowest BCUT2D eigenvalue weighted by atomic mass is 9.94. The highest BCUT2D eigenvalue weighted by Gasteiger charge is 2.20. The zero-order valence-corrected chi connectivity index (χ0v) is 26.1. The van der Waals surface area contributed by atoms with E-state index in [4.69, 9.17) is 4.42 Å². The zero-order chi connectivity index (χ0) is 31.6. The van der Waals surface area contributed by atoms with E-state index >= 15 is 0 Å². The van der Waals surface area contributed by atoms with Crippen molar-refractivity contribution >= 4 is 82.1 Å². The molecule has 0 N–H and O–H groups in total. The summed E-state index contributed by atoms with van der Waals surface area (Å²) in [6.45, 7) is 0. The van der Waals surface area contributed by atoms with Gasteiger partial charge in [-0.3, -0.25) is 0 Å². The molecule has 224 valence electrons. The topological polar surface area (TPSA) is 16.4 Å². The van der Waals surface area contributed by atoms with Crippen molar-refractivity contribution in [3.05, 3.63) is 176 Å². The maximum atomic E-state index is 6.60. The summed E-state index contributed by atoms with van der Waals surface area (Å²) < 4.78 is 6.60. The fourth-order valence-corrected chi connectivity index (χ4v) is 7.55. The van der Waals surface area contributed by atoms with E-state index in [1.54, 1.807) is 0 Å². The van der Waals surface area contributed by atoms with Gasteiger partial charge in [0.25, 0.3) is 0 Å². The lowest BCUT2D eigenvalue weighted by molar-refractivity contribution is 0.669. The number of rotatable bonds is 4. The molecule has 2 nitrogen and oxygen atoms in total. The van der Waals surface area contributed by atoms with Gasteiger partial charge in [0.1, 0.15) is 5.58 Å². The molecule has 0 radical (unpaired) electrons. The van der Waals surface area contributed by atoms with Crippen LogP contribution in [0.1, 0.15) is 0 Å². The van der Waals surface area contributed by atoms with E-state index in [9.17, 15) is 0 Å². The second-order valence-electron chi connectivity index (χ2n) is 12.5. The van der Waals surface area contributed by atoms with Crippen molar-refractivity contribution in [2.45, 2.75) is 0 Å². The van der Waals surface area contributed by atoms with Crippen molar-refractivity contribution in [3.63, 3.8) is 0 Å². The van der Waals surface area contributed by atoms with Gasteiger partial charge < -0.3 is 9.32 Å². The molecule has 0 unspecified atom stereocenters. The lowest BCUT2D eigenvalue weighted by Gasteiger charge is -2.26. The van der Waals surface area contributed by atoms with Crippen molar-refractivity contribution in [2.75, 3.05) is 4.90 Å². The third kappa shape index (κ3) is 4.13. The first-order valence-corrected chi connectivity index (χ1v) is 16.4. The summed E-state index contributed by atoms with van der Waals surface area (Å²) in [5.74, 6) is 0. The van der Waals surface area contributed by atoms with E-state index in [2.05, 4.69) is 169 Å². The van der Waals surface area contributed by atoms with Gasteiger partial charge in [0.05, 0.1) is 5.69 Å². The molecule has 0 saturated heterocycles. The summed E-state index contributed by atoms with van der Waals surface area (Å²) in [7, 11) is 0. The second kappa shape index (κ2) is 10.6. The van der Waals surface area contributed by atoms with Crippen molar-refractivity contribution < 1.29 is 4.42 Å². The van der Waals surface area contributed by atoms with Gasteiger partial charge in [0.2, 0.25) is 0 Å². The van der Waals surface area contributed by atoms with Crippen molar-refractivity contribution in [2.24, 2.45) is 0 Å². The van der Waals surface area contributed by atoms with Gasteiger partial charge in [0.15, 0.2) is 5.58 Å². The minimum atomic E-state index is 0.877. The molecule has 0 atom stereocenters. The monoisotopic (exact) mass is 611 g/mol. The van der Waals surface area contributed by atoms with Crippen LogP contribution < -0.4 is 4.90 Å². The Bertz CT molecular complexity index is 2840. The van der Waals surface area contributed by atoms with Gasteiger partial charge in [-0.25, -0.2) is 0 Å². The predicted molar refractivity (Wildman–Crippen MR) is 204 cm³/mol. The van der Waals surface area contributed by atoms with Gasteiger partial charge in [-0.15, -0.1) is 0 Å². The van der Waals surface area contributed by atoms with Crippen LogP contribution in [0.25, 0.3) is 76.2 Å². The van der Waals surface area contributed by atoms with E-state index in [0.717, 1.165) is 39.0 Å². The molecule has 0 fully saturated rings.